The largest absolute Gasteiger partial charge is 0.358 e. The van der Waals surface area contributed by atoms with E-state index in [1.165, 1.54) is 4.68 Å². The molecule has 0 aliphatic carbocycles. The Kier molecular flexibility index (Phi) is 3.88. The average molecular weight is 252 g/mol. The Morgan fingerprint density at radius 3 is 3.17 bits per heavy atom. The predicted octanol–water partition coefficient (Wildman–Crippen LogP) is -2.04. The van der Waals surface area contributed by atoms with Crippen LogP contribution in [-0.4, -0.2) is 58.4 Å². The van der Waals surface area contributed by atoms with Crippen molar-refractivity contribution in [2.75, 3.05) is 26.7 Å². The van der Waals surface area contributed by atoms with Crippen LogP contribution in [0.3, 0.4) is 0 Å². The number of hydrogen-bond acceptors (Lipinski definition) is 5. The third kappa shape index (κ3) is 3.04. The maximum Gasteiger partial charge on any atom is 0.241 e. The van der Waals surface area contributed by atoms with E-state index in [1.54, 1.807) is 18.1 Å². The molecule has 0 radical (unpaired) electrons. The minimum absolute atomic E-state index is 0.0575. The fourth-order valence-electron chi connectivity index (χ4n) is 1.72. The van der Waals surface area contributed by atoms with E-state index in [0.717, 1.165) is 6.54 Å². The monoisotopic (exact) mass is 252 g/mol. The quantitative estimate of drug-likeness (QED) is 0.644. The number of hydrogen-bond donors (Lipinski definition) is 2. The molecule has 2 heterocycles. The summed E-state index contributed by atoms with van der Waals surface area (Å²) >= 11 is 0. The van der Waals surface area contributed by atoms with Crippen molar-refractivity contribution in [3.8, 4) is 0 Å². The number of aromatic nitrogens is 3. The molecule has 98 valence electrons. The second kappa shape index (κ2) is 5.58. The van der Waals surface area contributed by atoms with Crippen LogP contribution in [0, 0.1) is 0 Å². The van der Waals surface area contributed by atoms with Crippen LogP contribution >= 0.6 is 0 Å². The summed E-state index contributed by atoms with van der Waals surface area (Å²) in [6, 6.07) is 0. The number of carbonyl (C=O) groups excluding carboxylic acids is 2. The van der Waals surface area contributed by atoms with Gasteiger partial charge in [0.05, 0.1) is 19.3 Å². The van der Waals surface area contributed by atoms with E-state index >= 15 is 0 Å². The molecule has 2 rings (SSSR count). The lowest BCUT2D eigenvalue weighted by molar-refractivity contribution is -0.132. The van der Waals surface area contributed by atoms with Crippen LogP contribution in [0.5, 0.6) is 0 Å². The summed E-state index contributed by atoms with van der Waals surface area (Å²) in [4.78, 5) is 24.5. The van der Waals surface area contributed by atoms with Gasteiger partial charge in [-0.05, 0) is 0 Å². The molecule has 2 N–H and O–H groups in total. The third-order valence-electron chi connectivity index (χ3n) is 2.71. The van der Waals surface area contributed by atoms with Gasteiger partial charge in [-0.3, -0.25) is 9.59 Å². The van der Waals surface area contributed by atoms with Gasteiger partial charge in [-0.1, -0.05) is 5.21 Å². The summed E-state index contributed by atoms with van der Waals surface area (Å²) < 4.78 is 1.46. The summed E-state index contributed by atoms with van der Waals surface area (Å²) in [5.74, 6) is -0.0770. The highest BCUT2D eigenvalue weighted by Crippen LogP contribution is 2.03. The molecule has 1 aliphatic rings. The molecule has 1 aliphatic heterocycles. The summed E-state index contributed by atoms with van der Waals surface area (Å²) in [5.41, 5.74) is 0.689. The van der Waals surface area contributed by atoms with Crippen LogP contribution in [0.15, 0.2) is 6.20 Å². The van der Waals surface area contributed by atoms with Crippen molar-refractivity contribution >= 4 is 11.8 Å². The lowest BCUT2D eigenvalue weighted by Crippen LogP contribution is -2.47. The van der Waals surface area contributed by atoms with Crippen LogP contribution in [0.1, 0.15) is 5.69 Å². The van der Waals surface area contributed by atoms with Crippen LogP contribution in [0.4, 0.5) is 0 Å². The first-order chi connectivity index (χ1) is 8.69. The highest BCUT2D eigenvalue weighted by atomic mass is 16.2. The molecule has 1 fully saturated rings. The van der Waals surface area contributed by atoms with Gasteiger partial charge in [0.1, 0.15) is 12.2 Å². The molecule has 1 aromatic rings. The van der Waals surface area contributed by atoms with Gasteiger partial charge in [0.25, 0.3) is 0 Å². The van der Waals surface area contributed by atoms with E-state index in [0.29, 0.717) is 25.3 Å². The van der Waals surface area contributed by atoms with Crippen molar-refractivity contribution in [3.63, 3.8) is 0 Å². The first-order valence-electron chi connectivity index (χ1n) is 5.77. The molecule has 2 amide bonds. The number of nitrogens with one attached hydrogen (secondary N) is 2. The SMILES string of the molecule is CNC(=O)Cn1cc(CN2CCNCC2=O)nn1. The van der Waals surface area contributed by atoms with E-state index in [9.17, 15) is 9.59 Å². The fourth-order valence-corrected chi connectivity index (χ4v) is 1.72. The molecule has 0 aromatic carbocycles. The molecule has 0 spiro atoms. The van der Waals surface area contributed by atoms with E-state index in [2.05, 4.69) is 20.9 Å². The Morgan fingerprint density at radius 2 is 2.44 bits per heavy atom. The Labute approximate surface area is 104 Å². The maximum atomic E-state index is 11.6. The number of carbonyl (C=O) groups is 2. The number of piperazine rings is 1. The van der Waals surface area contributed by atoms with E-state index < -0.39 is 0 Å². The van der Waals surface area contributed by atoms with Gasteiger partial charge >= 0.3 is 0 Å². The number of likely N-dealkylation sites (N-methyl/N-ethyl adjacent to an activating group) is 1. The van der Waals surface area contributed by atoms with Crippen molar-refractivity contribution in [1.29, 1.82) is 0 Å². The topological polar surface area (TPSA) is 92.2 Å². The first-order valence-corrected chi connectivity index (χ1v) is 5.77. The molecule has 8 nitrogen and oxygen atoms in total. The lowest BCUT2D eigenvalue weighted by Gasteiger charge is -2.26. The van der Waals surface area contributed by atoms with Crippen molar-refractivity contribution in [2.45, 2.75) is 13.1 Å². The average Bonchev–Trinajstić information content (AvgIpc) is 2.79. The Balaban J connectivity index is 1.93. The molecule has 8 heteroatoms. The molecule has 1 aromatic heterocycles. The van der Waals surface area contributed by atoms with Gasteiger partial charge in [0.15, 0.2) is 0 Å². The molecule has 0 saturated carbocycles. The van der Waals surface area contributed by atoms with Crippen LogP contribution < -0.4 is 10.6 Å². The molecule has 0 atom stereocenters. The van der Waals surface area contributed by atoms with Gasteiger partial charge in [0, 0.05) is 20.1 Å². The first kappa shape index (κ1) is 12.5. The molecule has 0 bridgehead atoms. The minimum atomic E-state index is -0.135. The maximum absolute atomic E-state index is 11.6. The zero-order valence-corrected chi connectivity index (χ0v) is 10.2. The summed E-state index contributed by atoms with van der Waals surface area (Å²) in [6.45, 7) is 2.40. The fraction of sp³-hybridized carbons (Fsp3) is 0.600. The minimum Gasteiger partial charge on any atom is -0.358 e. The zero-order chi connectivity index (χ0) is 13.0. The van der Waals surface area contributed by atoms with Crippen molar-refractivity contribution in [1.82, 2.24) is 30.5 Å². The Morgan fingerprint density at radius 1 is 1.61 bits per heavy atom. The number of amides is 2. The highest BCUT2D eigenvalue weighted by Gasteiger charge is 2.18. The van der Waals surface area contributed by atoms with Crippen LogP contribution in [-0.2, 0) is 22.7 Å². The van der Waals surface area contributed by atoms with Gasteiger partial charge in [-0.25, -0.2) is 4.68 Å². The van der Waals surface area contributed by atoms with E-state index in [4.69, 9.17) is 0 Å². The number of rotatable bonds is 4. The molecular formula is C10H16N6O2. The van der Waals surface area contributed by atoms with Gasteiger partial charge in [-0.2, -0.15) is 0 Å². The number of nitrogens with zero attached hydrogens (tertiary/aromatic N) is 4. The van der Waals surface area contributed by atoms with Crippen molar-refractivity contribution in [3.05, 3.63) is 11.9 Å². The standard InChI is InChI=1S/C10H16N6O2/c1-11-9(17)7-16-6-8(13-14-16)5-15-3-2-12-4-10(15)18/h6,12H,2-5,7H2,1H3,(H,11,17). The van der Waals surface area contributed by atoms with E-state index in [-0.39, 0.29) is 18.4 Å². The van der Waals surface area contributed by atoms with Crippen LogP contribution in [0.2, 0.25) is 0 Å². The second-order valence-electron chi connectivity index (χ2n) is 4.07. The third-order valence-corrected chi connectivity index (χ3v) is 2.71. The summed E-state index contributed by atoms with van der Waals surface area (Å²) in [7, 11) is 1.57. The van der Waals surface area contributed by atoms with Crippen LogP contribution in [0.25, 0.3) is 0 Å². The van der Waals surface area contributed by atoms with E-state index in [1.807, 2.05) is 0 Å². The predicted molar refractivity (Wildman–Crippen MR) is 62.4 cm³/mol. The van der Waals surface area contributed by atoms with Crippen molar-refractivity contribution < 1.29 is 9.59 Å². The van der Waals surface area contributed by atoms with Crippen molar-refractivity contribution in [2.24, 2.45) is 0 Å². The van der Waals surface area contributed by atoms with Gasteiger partial charge in [0.2, 0.25) is 11.8 Å². The van der Waals surface area contributed by atoms with Gasteiger partial charge < -0.3 is 15.5 Å². The summed E-state index contributed by atoms with van der Waals surface area (Å²) in [5, 5.41) is 13.3. The Bertz CT molecular complexity index is 443. The summed E-state index contributed by atoms with van der Waals surface area (Å²) in [6.07, 6.45) is 1.69. The molecule has 18 heavy (non-hydrogen) atoms. The normalized spacial score (nSPS) is 15.8. The zero-order valence-electron chi connectivity index (χ0n) is 10.2. The lowest BCUT2D eigenvalue weighted by atomic mass is 10.3. The second-order valence-corrected chi connectivity index (χ2v) is 4.07. The highest BCUT2D eigenvalue weighted by molar-refractivity contribution is 5.78. The van der Waals surface area contributed by atoms with Gasteiger partial charge in [-0.15, -0.1) is 5.10 Å². The smallest absolute Gasteiger partial charge is 0.241 e. The molecular weight excluding hydrogens is 236 g/mol. The molecule has 1 saturated heterocycles. The Hall–Kier alpha value is -1.96. The molecule has 0 unspecified atom stereocenters.